The Balaban J connectivity index is 1.57. The van der Waals surface area contributed by atoms with E-state index in [-0.39, 0.29) is 12.1 Å². The zero-order valence-electron chi connectivity index (χ0n) is 15.1. The van der Waals surface area contributed by atoms with Crippen molar-refractivity contribution < 1.29 is 14.3 Å². The fourth-order valence-electron chi connectivity index (χ4n) is 3.06. The van der Waals surface area contributed by atoms with E-state index in [9.17, 15) is 4.79 Å². The summed E-state index contributed by atoms with van der Waals surface area (Å²) in [6, 6.07) is 17.1. The smallest absolute Gasteiger partial charge is 0.315 e. The lowest BCUT2D eigenvalue weighted by Gasteiger charge is -2.23. The molecule has 2 amide bonds. The summed E-state index contributed by atoms with van der Waals surface area (Å²) in [5.74, 6) is 2.02. The lowest BCUT2D eigenvalue weighted by molar-refractivity contribution is 0.0669. The van der Waals surface area contributed by atoms with E-state index >= 15 is 0 Å². The van der Waals surface area contributed by atoms with Gasteiger partial charge in [0, 0.05) is 25.3 Å². The summed E-state index contributed by atoms with van der Waals surface area (Å²) < 4.78 is 11.3. The van der Waals surface area contributed by atoms with Crippen LogP contribution in [0.15, 0.2) is 54.6 Å². The number of hydrogen-bond donors (Lipinski definition) is 2. The molecular formula is C21H26N2O3. The maximum atomic E-state index is 12.2. The molecule has 0 bridgehead atoms. The van der Waals surface area contributed by atoms with E-state index in [1.165, 1.54) is 0 Å². The summed E-state index contributed by atoms with van der Waals surface area (Å²) in [4.78, 5) is 12.2. The second-order valence-corrected chi connectivity index (χ2v) is 6.58. The zero-order valence-corrected chi connectivity index (χ0v) is 15.1. The first-order valence-electron chi connectivity index (χ1n) is 9.16. The van der Waals surface area contributed by atoms with Gasteiger partial charge in [0.05, 0.1) is 6.04 Å². The van der Waals surface area contributed by atoms with Gasteiger partial charge in [0.1, 0.15) is 11.5 Å². The molecule has 2 aromatic rings. The monoisotopic (exact) mass is 354 g/mol. The molecule has 0 spiro atoms. The van der Waals surface area contributed by atoms with Crippen LogP contribution in [0, 0.1) is 5.92 Å². The average molecular weight is 354 g/mol. The molecule has 1 atom stereocenters. The number of carbonyl (C=O) groups excluding carboxylic acids is 1. The van der Waals surface area contributed by atoms with Crippen molar-refractivity contribution in [3.8, 4) is 11.5 Å². The summed E-state index contributed by atoms with van der Waals surface area (Å²) in [6.07, 6.45) is 2.01. The predicted molar refractivity (Wildman–Crippen MR) is 101 cm³/mol. The first-order valence-corrected chi connectivity index (χ1v) is 9.16. The number of hydrogen-bond acceptors (Lipinski definition) is 3. The second kappa shape index (κ2) is 9.25. The van der Waals surface area contributed by atoms with Crippen LogP contribution in [0.5, 0.6) is 11.5 Å². The number of rotatable bonds is 6. The number of amides is 2. The summed E-state index contributed by atoms with van der Waals surface area (Å²) >= 11 is 0. The van der Waals surface area contributed by atoms with Crippen LogP contribution >= 0.6 is 0 Å². The lowest BCUT2D eigenvalue weighted by Crippen LogP contribution is -2.40. The average Bonchev–Trinajstić information content (AvgIpc) is 2.68. The number of urea groups is 1. The summed E-state index contributed by atoms with van der Waals surface area (Å²) in [7, 11) is 0. The van der Waals surface area contributed by atoms with Crippen LogP contribution < -0.4 is 15.4 Å². The highest BCUT2D eigenvalue weighted by atomic mass is 16.5. The third-order valence-corrected chi connectivity index (χ3v) is 4.60. The maximum Gasteiger partial charge on any atom is 0.315 e. The number of carbonyl (C=O) groups is 1. The summed E-state index contributed by atoms with van der Waals surface area (Å²) in [5.41, 5.74) is 0.942. The van der Waals surface area contributed by atoms with Crippen molar-refractivity contribution in [1.29, 1.82) is 0 Å². The van der Waals surface area contributed by atoms with E-state index in [0.29, 0.717) is 12.5 Å². The molecule has 1 aliphatic heterocycles. The van der Waals surface area contributed by atoms with Crippen LogP contribution in [0.1, 0.15) is 31.4 Å². The van der Waals surface area contributed by atoms with E-state index in [0.717, 1.165) is 43.1 Å². The number of para-hydroxylation sites is 2. The minimum Gasteiger partial charge on any atom is -0.457 e. The first kappa shape index (κ1) is 18.3. The van der Waals surface area contributed by atoms with Crippen molar-refractivity contribution in [3.05, 3.63) is 60.2 Å². The lowest BCUT2D eigenvalue weighted by atomic mass is 10.0. The van der Waals surface area contributed by atoms with Crippen LogP contribution in [0.25, 0.3) is 0 Å². The van der Waals surface area contributed by atoms with Crippen molar-refractivity contribution in [2.24, 2.45) is 5.92 Å². The topological polar surface area (TPSA) is 59.6 Å². The van der Waals surface area contributed by atoms with Crippen LogP contribution in [0.4, 0.5) is 4.79 Å². The molecule has 0 saturated carbocycles. The van der Waals surface area contributed by atoms with E-state index in [1.54, 1.807) is 0 Å². The molecule has 1 heterocycles. The van der Waals surface area contributed by atoms with Crippen LogP contribution in [0.3, 0.4) is 0 Å². The molecule has 0 aliphatic carbocycles. The molecule has 2 N–H and O–H groups in total. The van der Waals surface area contributed by atoms with E-state index in [1.807, 2.05) is 61.5 Å². The highest BCUT2D eigenvalue weighted by molar-refractivity contribution is 5.74. The maximum absolute atomic E-state index is 12.2. The van der Waals surface area contributed by atoms with Crippen LogP contribution in [-0.4, -0.2) is 25.8 Å². The van der Waals surface area contributed by atoms with Gasteiger partial charge in [0.2, 0.25) is 0 Å². The minimum absolute atomic E-state index is 0.154. The molecule has 1 saturated heterocycles. The van der Waals surface area contributed by atoms with Gasteiger partial charge in [-0.1, -0.05) is 36.4 Å². The largest absolute Gasteiger partial charge is 0.457 e. The molecular weight excluding hydrogens is 328 g/mol. The third kappa shape index (κ3) is 5.23. The number of benzene rings is 2. The van der Waals surface area contributed by atoms with Gasteiger partial charge < -0.3 is 20.1 Å². The second-order valence-electron chi connectivity index (χ2n) is 6.58. The molecule has 26 heavy (non-hydrogen) atoms. The van der Waals surface area contributed by atoms with Gasteiger partial charge >= 0.3 is 6.03 Å². The van der Waals surface area contributed by atoms with Gasteiger partial charge in [0.25, 0.3) is 0 Å². The Morgan fingerprint density at radius 1 is 1.12 bits per heavy atom. The summed E-state index contributed by atoms with van der Waals surface area (Å²) in [5, 5.41) is 5.98. The Hall–Kier alpha value is -2.53. The fraction of sp³-hybridized carbons (Fsp3) is 0.381. The Bertz CT molecular complexity index is 699. The quantitative estimate of drug-likeness (QED) is 0.815. The normalized spacial score (nSPS) is 15.9. The van der Waals surface area contributed by atoms with E-state index in [4.69, 9.17) is 9.47 Å². The van der Waals surface area contributed by atoms with Crippen LogP contribution in [-0.2, 0) is 4.74 Å². The molecule has 5 nitrogen and oxygen atoms in total. The van der Waals surface area contributed by atoms with Crippen LogP contribution in [0.2, 0.25) is 0 Å². The zero-order chi connectivity index (χ0) is 18.2. The van der Waals surface area contributed by atoms with Crippen molar-refractivity contribution >= 4 is 6.03 Å². The molecule has 3 rings (SSSR count). The van der Waals surface area contributed by atoms with Gasteiger partial charge in [-0.2, -0.15) is 0 Å². The van der Waals surface area contributed by atoms with Gasteiger partial charge in [-0.25, -0.2) is 4.79 Å². The first-order chi connectivity index (χ1) is 12.7. The Kier molecular flexibility index (Phi) is 6.50. The van der Waals surface area contributed by atoms with Gasteiger partial charge in [0.15, 0.2) is 0 Å². The van der Waals surface area contributed by atoms with E-state index in [2.05, 4.69) is 10.6 Å². The van der Waals surface area contributed by atoms with Crippen molar-refractivity contribution in [2.75, 3.05) is 19.8 Å². The highest BCUT2D eigenvalue weighted by Gasteiger charge is 2.17. The van der Waals surface area contributed by atoms with Gasteiger partial charge in [-0.15, -0.1) is 0 Å². The number of ether oxygens (including phenoxy) is 2. The molecule has 5 heteroatoms. The SMILES string of the molecule is CC(NC(=O)NCC1CCOCC1)c1ccccc1Oc1ccccc1. The molecule has 2 aromatic carbocycles. The standard InChI is InChI=1S/C21H26N2O3/c1-16(23-21(24)22-15-17-11-13-25-14-12-17)19-9-5-6-10-20(19)26-18-7-3-2-4-8-18/h2-10,16-17H,11-15H2,1H3,(H2,22,23,24). The van der Waals surface area contributed by atoms with Crippen molar-refractivity contribution in [3.63, 3.8) is 0 Å². The Labute approximate surface area is 154 Å². The molecule has 0 radical (unpaired) electrons. The predicted octanol–water partition coefficient (Wildman–Crippen LogP) is 4.27. The highest BCUT2D eigenvalue weighted by Crippen LogP contribution is 2.29. The minimum atomic E-state index is -0.162. The fourth-order valence-corrected chi connectivity index (χ4v) is 3.06. The number of nitrogens with one attached hydrogen (secondary N) is 2. The van der Waals surface area contributed by atoms with Gasteiger partial charge in [-0.3, -0.25) is 0 Å². The molecule has 1 aliphatic rings. The molecule has 1 unspecified atom stereocenters. The van der Waals surface area contributed by atoms with Gasteiger partial charge in [-0.05, 0) is 43.9 Å². The molecule has 1 fully saturated rings. The molecule has 138 valence electrons. The Morgan fingerprint density at radius 2 is 1.81 bits per heavy atom. The summed E-state index contributed by atoms with van der Waals surface area (Å²) in [6.45, 7) is 4.22. The van der Waals surface area contributed by atoms with E-state index < -0.39 is 0 Å². The molecule has 0 aromatic heterocycles. The third-order valence-electron chi connectivity index (χ3n) is 4.60. The Morgan fingerprint density at radius 3 is 2.58 bits per heavy atom. The van der Waals surface area contributed by atoms with Crippen molar-refractivity contribution in [1.82, 2.24) is 10.6 Å². The van der Waals surface area contributed by atoms with Crippen molar-refractivity contribution in [2.45, 2.75) is 25.8 Å².